The summed E-state index contributed by atoms with van der Waals surface area (Å²) in [5, 5.41) is 2.47. The molecule has 0 saturated carbocycles. The maximum atomic E-state index is 12.4. The number of nitrogens with zero attached hydrogens (tertiary/aromatic N) is 3. The zero-order valence-corrected chi connectivity index (χ0v) is 14.7. The Balaban J connectivity index is 2.26. The molecule has 1 atom stereocenters. The van der Waals surface area contributed by atoms with Gasteiger partial charge in [-0.15, -0.1) is 0 Å². The fraction of sp³-hybridized carbons (Fsp3) is 0.312. The Morgan fingerprint density at radius 3 is 2.35 bits per heavy atom. The molecule has 10 nitrogen and oxygen atoms in total. The van der Waals surface area contributed by atoms with E-state index in [-0.39, 0.29) is 29.2 Å². The van der Waals surface area contributed by atoms with Crippen molar-refractivity contribution in [1.29, 1.82) is 0 Å². The molecular formula is C16H18N4O6. The van der Waals surface area contributed by atoms with Crippen molar-refractivity contribution < 1.29 is 28.5 Å². The molecule has 0 spiro atoms. The van der Waals surface area contributed by atoms with E-state index in [0.29, 0.717) is 0 Å². The number of carbonyl (C=O) groups excluding carboxylic acids is 2. The summed E-state index contributed by atoms with van der Waals surface area (Å²) in [6, 6.07) is 3.62. The van der Waals surface area contributed by atoms with Crippen molar-refractivity contribution >= 4 is 11.9 Å². The zero-order chi connectivity index (χ0) is 19.1. The molecule has 2 aromatic heterocycles. The van der Waals surface area contributed by atoms with E-state index < -0.39 is 17.9 Å². The minimum atomic E-state index is -0.851. The molecular weight excluding hydrogens is 344 g/mol. The van der Waals surface area contributed by atoms with E-state index in [4.69, 9.17) is 14.2 Å². The third-order valence-electron chi connectivity index (χ3n) is 3.17. The number of esters is 1. The molecule has 138 valence electrons. The summed E-state index contributed by atoms with van der Waals surface area (Å²) in [5.74, 6) is -0.662. The monoisotopic (exact) mass is 362 g/mol. The number of pyridine rings is 1. The molecule has 26 heavy (non-hydrogen) atoms. The summed E-state index contributed by atoms with van der Waals surface area (Å²) < 4.78 is 20.2. The molecule has 0 unspecified atom stereocenters. The van der Waals surface area contributed by atoms with Gasteiger partial charge in [0.2, 0.25) is 11.8 Å². The van der Waals surface area contributed by atoms with Gasteiger partial charge < -0.3 is 24.3 Å². The highest BCUT2D eigenvalue weighted by atomic mass is 16.5. The molecule has 1 N–H and O–H groups in total. The van der Waals surface area contributed by atoms with Crippen LogP contribution in [0.15, 0.2) is 24.4 Å². The van der Waals surface area contributed by atoms with Crippen molar-refractivity contribution in [2.45, 2.75) is 13.0 Å². The molecule has 0 aromatic carbocycles. The van der Waals surface area contributed by atoms with Crippen molar-refractivity contribution in [3.05, 3.63) is 30.1 Å². The van der Waals surface area contributed by atoms with Crippen LogP contribution in [0.1, 0.15) is 17.4 Å². The normalized spacial score (nSPS) is 11.2. The molecule has 0 radical (unpaired) electrons. The molecule has 0 aliphatic heterocycles. The van der Waals surface area contributed by atoms with Gasteiger partial charge in [-0.1, -0.05) is 0 Å². The van der Waals surface area contributed by atoms with E-state index in [9.17, 15) is 9.59 Å². The molecule has 0 aliphatic carbocycles. The van der Waals surface area contributed by atoms with Gasteiger partial charge in [-0.2, -0.15) is 9.97 Å². The minimum absolute atomic E-state index is 0.0476. The summed E-state index contributed by atoms with van der Waals surface area (Å²) in [5.41, 5.74) is -0.0476. The first kappa shape index (κ1) is 18.9. The fourth-order valence-corrected chi connectivity index (χ4v) is 1.88. The summed E-state index contributed by atoms with van der Waals surface area (Å²) >= 11 is 0. The lowest BCUT2D eigenvalue weighted by molar-refractivity contribution is -0.142. The third kappa shape index (κ3) is 4.56. The summed E-state index contributed by atoms with van der Waals surface area (Å²) in [6.45, 7) is 1.49. The van der Waals surface area contributed by atoms with Crippen LogP contribution in [0.3, 0.4) is 0 Å². The predicted octanol–water partition coefficient (Wildman–Crippen LogP) is 0.972. The van der Waals surface area contributed by atoms with Crippen LogP contribution < -0.4 is 19.5 Å². The lowest BCUT2D eigenvalue weighted by Crippen LogP contribution is -2.39. The van der Waals surface area contributed by atoms with E-state index in [2.05, 4.69) is 25.0 Å². The van der Waals surface area contributed by atoms with Gasteiger partial charge in [0.1, 0.15) is 6.04 Å². The van der Waals surface area contributed by atoms with Crippen molar-refractivity contribution in [2.75, 3.05) is 21.3 Å². The number of hydrogen-bond donors (Lipinski definition) is 1. The van der Waals surface area contributed by atoms with Gasteiger partial charge in [-0.05, 0) is 19.1 Å². The highest BCUT2D eigenvalue weighted by molar-refractivity contribution is 5.97. The molecule has 0 fully saturated rings. The second kappa shape index (κ2) is 8.60. The van der Waals surface area contributed by atoms with Crippen LogP contribution in [0.4, 0.5) is 0 Å². The van der Waals surface area contributed by atoms with Gasteiger partial charge >= 0.3 is 12.0 Å². The van der Waals surface area contributed by atoms with E-state index in [0.717, 1.165) is 0 Å². The lowest BCUT2D eigenvalue weighted by Gasteiger charge is -2.13. The Morgan fingerprint density at radius 2 is 1.77 bits per heavy atom. The lowest BCUT2D eigenvalue weighted by atomic mass is 10.2. The first-order valence-corrected chi connectivity index (χ1v) is 7.47. The molecule has 2 rings (SSSR count). The average Bonchev–Trinajstić information content (AvgIpc) is 2.67. The molecule has 0 aliphatic rings. The number of ether oxygens (including phenoxy) is 4. The molecule has 2 aromatic rings. The smallest absolute Gasteiger partial charge is 0.328 e. The van der Waals surface area contributed by atoms with Crippen molar-refractivity contribution in [3.8, 4) is 23.5 Å². The zero-order valence-electron chi connectivity index (χ0n) is 14.7. The number of amides is 1. The molecule has 0 bridgehead atoms. The molecule has 0 saturated heterocycles. The molecule has 10 heteroatoms. The van der Waals surface area contributed by atoms with Crippen LogP contribution in [0, 0.1) is 0 Å². The van der Waals surface area contributed by atoms with E-state index >= 15 is 0 Å². The number of nitrogens with one attached hydrogen (secondary N) is 1. The molecule has 1 amide bonds. The second-order valence-corrected chi connectivity index (χ2v) is 4.91. The van der Waals surface area contributed by atoms with Gasteiger partial charge in [0.05, 0.1) is 27.4 Å². The van der Waals surface area contributed by atoms with Gasteiger partial charge in [0, 0.05) is 6.20 Å². The highest BCUT2D eigenvalue weighted by Crippen LogP contribution is 2.25. The van der Waals surface area contributed by atoms with Crippen LogP contribution >= 0.6 is 0 Å². The fourth-order valence-electron chi connectivity index (χ4n) is 1.88. The predicted molar refractivity (Wildman–Crippen MR) is 88.4 cm³/mol. The van der Waals surface area contributed by atoms with Crippen LogP contribution in [-0.4, -0.2) is 54.2 Å². The van der Waals surface area contributed by atoms with Crippen molar-refractivity contribution in [1.82, 2.24) is 20.3 Å². The van der Waals surface area contributed by atoms with Crippen LogP contribution in [-0.2, 0) is 9.53 Å². The average molecular weight is 362 g/mol. The number of aromatic nitrogens is 3. The first-order valence-electron chi connectivity index (χ1n) is 7.47. The Kier molecular flexibility index (Phi) is 6.25. The largest absolute Gasteiger partial charge is 0.481 e. The Hall–Kier alpha value is -3.43. The number of hydrogen-bond acceptors (Lipinski definition) is 9. The van der Waals surface area contributed by atoms with Crippen LogP contribution in [0.25, 0.3) is 0 Å². The maximum Gasteiger partial charge on any atom is 0.328 e. The van der Waals surface area contributed by atoms with E-state index in [1.54, 1.807) is 6.07 Å². The number of rotatable bonds is 7. The maximum absolute atomic E-state index is 12.4. The SMILES string of the molecule is COC(=O)[C@H](C)NC(=O)c1ncccc1Oc1nc(OC)cc(OC)n1. The number of methoxy groups -OCH3 is 3. The minimum Gasteiger partial charge on any atom is -0.481 e. The van der Waals surface area contributed by atoms with Crippen molar-refractivity contribution in [2.24, 2.45) is 0 Å². The van der Waals surface area contributed by atoms with Gasteiger partial charge in [-0.3, -0.25) is 4.79 Å². The Labute approximate surface area is 149 Å². The van der Waals surface area contributed by atoms with E-state index in [1.165, 1.54) is 46.6 Å². The van der Waals surface area contributed by atoms with Crippen LogP contribution in [0.5, 0.6) is 23.5 Å². The highest BCUT2D eigenvalue weighted by Gasteiger charge is 2.21. The summed E-state index contributed by atoms with van der Waals surface area (Å²) in [6.07, 6.45) is 1.41. The van der Waals surface area contributed by atoms with Gasteiger partial charge in [-0.25, -0.2) is 9.78 Å². The summed E-state index contributed by atoms with van der Waals surface area (Å²) in [7, 11) is 4.10. The van der Waals surface area contributed by atoms with Gasteiger partial charge in [0.25, 0.3) is 5.91 Å². The quantitative estimate of drug-likeness (QED) is 0.718. The summed E-state index contributed by atoms with van der Waals surface area (Å²) in [4.78, 5) is 35.9. The number of carbonyl (C=O) groups is 2. The topological polar surface area (TPSA) is 122 Å². The Bertz CT molecular complexity index is 776. The standard InChI is InChI=1S/C16H18N4O6/c1-9(15(22)25-4)18-14(21)13-10(6-5-7-17-13)26-16-19-11(23-2)8-12(20-16)24-3/h5-9H,1-4H3,(H,18,21)/t9-/m0/s1. The third-order valence-corrected chi connectivity index (χ3v) is 3.17. The van der Waals surface area contributed by atoms with Crippen LogP contribution in [0.2, 0.25) is 0 Å². The Morgan fingerprint density at radius 1 is 1.12 bits per heavy atom. The first-order chi connectivity index (χ1) is 12.5. The second-order valence-electron chi connectivity index (χ2n) is 4.91. The van der Waals surface area contributed by atoms with Crippen molar-refractivity contribution in [3.63, 3.8) is 0 Å². The molecule has 2 heterocycles. The van der Waals surface area contributed by atoms with E-state index in [1.807, 2.05) is 0 Å². The van der Waals surface area contributed by atoms with Gasteiger partial charge in [0.15, 0.2) is 11.4 Å².